The maximum Gasteiger partial charge on any atom is 0.131 e. The molecule has 0 saturated heterocycles. The molecule has 0 aliphatic carbocycles. The van der Waals surface area contributed by atoms with E-state index in [1.807, 2.05) is 19.9 Å². The zero-order chi connectivity index (χ0) is 11.4. The number of H-pyrrole nitrogens is 1. The topological polar surface area (TPSA) is 104 Å². The Morgan fingerprint density at radius 2 is 2.40 bits per heavy atom. The number of nitrogens with two attached hydrogens (primary N) is 2. The van der Waals surface area contributed by atoms with Crippen LogP contribution in [0.15, 0.2) is 11.2 Å². The number of hydrogen-bond acceptors (Lipinski definition) is 3. The van der Waals surface area contributed by atoms with Gasteiger partial charge in [0.15, 0.2) is 0 Å². The first-order chi connectivity index (χ1) is 7.10. The Hall–Kier alpha value is -1.96. The van der Waals surface area contributed by atoms with Gasteiger partial charge >= 0.3 is 0 Å². The fourth-order valence-electron chi connectivity index (χ4n) is 1.20. The molecule has 5 N–H and O–H groups in total. The van der Waals surface area contributed by atoms with Gasteiger partial charge in [0.1, 0.15) is 17.7 Å². The van der Waals surface area contributed by atoms with Crippen LogP contribution in [-0.4, -0.2) is 16.9 Å². The number of amidine groups is 1. The van der Waals surface area contributed by atoms with E-state index in [4.69, 9.17) is 16.7 Å². The Kier molecular flexibility index (Phi) is 3.34. The fourth-order valence-corrected chi connectivity index (χ4v) is 1.20. The zero-order valence-electron chi connectivity index (χ0n) is 8.91. The summed E-state index contributed by atoms with van der Waals surface area (Å²) < 4.78 is 0. The molecule has 0 aliphatic heterocycles. The average molecular weight is 205 g/mol. The van der Waals surface area contributed by atoms with Gasteiger partial charge in [0, 0.05) is 12.2 Å². The first-order valence-corrected chi connectivity index (χ1v) is 4.80. The highest BCUT2D eigenvalue weighted by molar-refractivity contribution is 6.03. The van der Waals surface area contributed by atoms with Gasteiger partial charge in [-0.25, -0.2) is 0 Å². The Morgan fingerprint density at radius 1 is 1.73 bits per heavy atom. The third kappa shape index (κ3) is 2.29. The predicted molar refractivity (Wildman–Crippen MR) is 60.4 cm³/mol. The van der Waals surface area contributed by atoms with Crippen molar-refractivity contribution in [1.82, 2.24) is 4.98 Å². The Balaban J connectivity index is 3.11. The minimum atomic E-state index is 0.130. The molecule has 0 bridgehead atoms. The van der Waals surface area contributed by atoms with E-state index >= 15 is 0 Å². The minimum absolute atomic E-state index is 0.130. The van der Waals surface area contributed by atoms with Gasteiger partial charge in [0.2, 0.25) is 0 Å². The van der Waals surface area contributed by atoms with E-state index in [1.54, 1.807) is 0 Å². The molecule has 0 aliphatic rings. The number of nitrogen functional groups attached to an aromatic ring is 1. The summed E-state index contributed by atoms with van der Waals surface area (Å²) in [4.78, 5) is 7.01. The molecule has 0 fully saturated rings. The van der Waals surface area contributed by atoms with Crippen LogP contribution in [0.1, 0.15) is 31.4 Å². The highest BCUT2D eigenvalue weighted by Gasteiger charge is 2.12. The molecule has 0 amide bonds. The molecule has 1 atom stereocenters. The van der Waals surface area contributed by atoms with Crippen molar-refractivity contribution in [2.24, 2.45) is 10.7 Å². The number of nitrogens with one attached hydrogen (secondary N) is 1. The van der Waals surface area contributed by atoms with E-state index in [1.165, 1.54) is 6.20 Å². The van der Waals surface area contributed by atoms with Gasteiger partial charge < -0.3 is 16.5 Å². The molecular formula is C10H15N5. The van der Waals surface area contributed by atoms with Gasteiger partial charge in [-0.1, -0.05) is 6.92 Å². The van der Waals surface area contributed by atoms with Crippen LogP contribution in [0.2, 0.25) is 0 Å². The number of aromatic nitrogens is 1. The summed E-state index contributed by atoms with van der Waals surface area (Å²) in [5, 5.41) is 8.84. The second kappa shape index (κ2) is 4.51. The van der Waals surface area contributed by atoms with E-state index in [0.717, 1.165) is 6.42 Å². The summed E-state index contributed by atoms with van der Waals surface area (Å²) in [5.74, 6) is 0.704. The lowest BCUT2D eigenvalue weighted by Crippen LogP contribution is -2.18. The molecule has 0 radical (unpaired) electrons. The van der Waals surface area contributed by atoms with Crippen LogP contribution < -0.4 is 11.5 Å². The SMILES string of the molecule is CC[C@H](C)N=C(N)c1c(C#N)c[nH]c1N. The first kappa shape index (κ1) is 11.1. The molecule has 0 saturated carbocycles. The van der Waals surface area contributed by atoms with Crippen LogP contribution in [0.4, 0.5) is 5.82 Å². The minimum Gasteiger partial charge on any atom is -0.385 e. The highest BCUT2D eigenvalue weighted by atomic mass is 14.9. The fraction of sp³-hybridized carbons (Fsp3) is 0.400. The average Bonchev–Trinajstić information content (AvgIpc) is 2.59. The molecule has 5 heteroatoms. The van der Waals surface area contributed by atoms with Crippen LogP contribution in [0, 0.1) is 11.3 Å². The molecule has 15 heavy (non-hydrogen) atoms. The summed E-state index contributed by atoms with van der Waals surface area (Å²) in [7, 11) is 0. The van der Waals surface area contributed by atoms with Crippen molar-refractivity contribution >= 4 is 11.7 Å². The summed E-state index contributed by atoms with van der Waals surface area (Å²) in [6.45, 7) is 3.98. The second-order valence-electron chi connectivity index (χ2n) is 3.37. The lowest BCUT2D eigenvalue weighted by molar-refractivity contribution is 0.716. The van der Waals surface area contributed by atoms with Crippen molar-refractivity contribution in [3.63, 3.8) is 0 Å². The number of nitriles is 1. The first-order valence-electron chi connectivity index (χ1n) is 4.80. The summed E-state index contributed by atoms with van der Waals surface area (Å²) in [6, 6.07) is 2.15. The smallest absolute Gasteiger partial charge is 0.131 e. The van der Waals surface area contributed by atoms with Crippen LogP contribution >= 0.6 is 0 Å². The number of aromatic amines is 1. The number of anilines is 1. The molecule has 1 heterocycles. The van der Waals surface area contributed by atoms with Crippen molar-refractivity contribution in [3.8, 4) is 6.07 Å². The van der Waals surface area contributed by atoms with Crippen molar-refractivity contribution < 1.29 is 0 Å². The number of aliphatic imine (C=N–C) groups is 1. The van der Waals surface area contributed by atoms with Crippen molar-refractivity contribution in [3.05, 3.63) is 17.3 Å². The van der Waals surface area contributed by atoms with Gasteiger partial charge in [-0.05, 0) is 13.3 Å². The third-order valence-electron chi connectivity index (χ3n) is 2.24. The van der Waals surface area contributed by atoms with Gasteiger partial charge in [-0.3, -0.25) is 4.99 Å². The second-order valence-corrected chi connectivity index (χ2v) is 3.37. The lowest BCUT2D eigenvalue weighted by Gasteiger charge is -2.05. The van der Waals surface area contributed by atoms with Gasteiger partial charge in [0.25, 0.3) is 0 Å². The molecule has 0 unspecified atom stereocenters. The zero-order valence-corrected chi connectivity index (χ0v) is 8.91. The third-order valence-corrected chi connectivity index (χ3v) is 2.24. The van der Waals surface area contributed by atoms with Crippen molar-refractivity contribution in [2.45, 2.75) is 26.3 Å². The largest absolute Gasteiger partial charge is 0.385 e. The maximum absolute atomic E-state index is 8.84. The molecule has 5 nitrogen and oxygen atoms in total. The van der Waals surface area contributed by atoms with Gasteiger partial charge in [-0.15, -0.1) is 0 Å². The molecule has 80 valence electrons. The maximum atomic E-state index is 8.84. The quantitative estimate of drug-likeness (QED) is 0.506. The van der Waals surface area contributed by atoms with Gasteiger partial charge in [0.05, 0.1) is 11.1 Å². The standard InChI is InChI=1S/C10H15N5/c1-3-6(2)15-10(13)8-7(4-11)5-14-9(8)12/h5-6,14H,3,12H2,1-2H3,(H2,13,15)/t6-/m0/s1. The number of nitrogens with zero attached hydrogens (tertiary/aromatic N) is 2. The predicted octanol–water partition coefficient (Wildman–Crippen LogP) is 0.972. The van der Waals surface area contributed by atoms with Crippen LogP contribution in [-0.2, 0) is 0 Å². The van der Waals surface area contributed by atoms with Crippen LogP contribution in [0.5, 0.6) is 0 Å². The number of rotatable bonds is 3. The normalized spacial score (nSPS) is 13.5. The lowest BCUT2D eigenvalue weighted by atomic mass is 10.2. The Bertz CT molecular complexity index is 410. The van der Waals surface area contributed by atoms with Gasteiger partial charge in [-0.2, -0.15) is 5.26 Å². The highest BCUT2D eigenvalue weighted by Crippen LogP contribution is 2.15. The van der Waals surface area contributed by atoms with E-state index in [-0.39, 0.29) is 6.04 Å². The molecule has 0 spiro atoms. The van der Waals surface area contributed by atoms with Crippen LogP contribution in [0.3, 0.4) is 0 Å². The summed E-state index contributed by atoms with van der Waals surface area (Å²) in [6.07, 6.45) is 2.43. The van der Waals surface area contributed by atoms with E-state index in [9.17, 15) is 0 Å². The molecule has 1 aromatic heterocycles. The van der Waals surface area contributed by atoms with E-state index in [0.29, 0.717) is 22.8 Å². The summed E-state index contributed by atoms with van der Waals surface area (Å²) >= 11 is 0. The Morgan fingerprint density at radius 3 is 2.93 bits per heavy atom. The summed E-state index contributed by atoms with van der Waals surface area (Å²) in [5.41, 5.74) is 12.4. The number of hydrogen-bond donors (Lipinski definition) is 3. The van der Waals surface area contributed by atoms with E-state index < -0.39 is 0 Å². The molecule has 0 aromatic carbocycles. The monoisotopic (exact) mass is 205 g/mol. The Labute approximate surface area is 88.8 Å². The van der Waals surface area contributed by atoms with Crippen LogP contribution in [0.25, 0.3) is 0 Å². The van der Waals surface area contributed by atoms with E-state index in [2.05, 4.69) is 9.98 Å². The molecule has 1 aromatic rings. The molecular weight excluding hydrogens is 190 g/mol. The van der Waals surface area contributed by atoms with Crippen molar-refractivity contribution in [1.29, 1.82) is 5.26 Å². The molecule has 1 rings (SSSR count). The van der Waals surface area contributed by atoms with Crippen molar-refractivity contribution in [2.75, 3.05) is 5.73 Å².